The zero-order valence-electron chi connectivity index (χ0n) is 8.58. The van der Waals surface area contributed by atoms with Crippen molar-refractivity contribution in [3.8, 4) is 11.1 Å². The minimum absolute atomic E-state index is 0.178. The van der Waals surface area contributed by atoms with E-state index in [2.05, 4.69) is 0 Å². The smallest absolute Gasteiger partial charge is 0.150 e. The molecule has 2 aromatic rings. The van der Waals surface area contributed by atoms with Gasteiger partial charge in [0.25, 0.3) is 0 Å². The fourth-order valence-electron chi connectivity index (χ4n) is 1.49. The van der Waals surface area contributed by atoms with Crippen LogP contribution in [0.25, 0.3) is 11.1 Å². The molecule has 4 heteroatoms. The van der Waals surface area contributed by atoms with E-state index in [9.17, 15) is 9.18 Å². The first-order chi connectivity index (χ1) is 8.11. The quantitative estimate of drug-likeness (QED) is 0.574. The van der Waals surface area contributed by atoms with Crippen LogP contribution in [0.5, 0.6) is 0 Å². The average molecular weight is 269 g/mol. The molecule has 2 aromatic carbocycles. The van der Waals surface area contributed by atoms with E-state index in [1.165, 1.54) is 12.1 Å². The molecule has 0 aromatic heterocycles. The Morgan fingerprint density at radius 1 is 1.00 bits per heavy atom. The van der Waals surface area contributed by atoms with Gasteiger partial charge < -0.3 is 0 Å². The number of carbonyl (C=O) groups is 1. The van der Waals surface area contributed by atoms with Crippen molar-refractivity contribution in [1.29, 1.82) is 0 Å². The normalized spacial score (nSPS) is 10.3. The highest BCUT2D eigenvalue weighted by molar-refractivity contribution is 6.42. The summed E-state index contributed by atoms with van der Waals surface area (Å²) >= 11 is 11.5. The molecule has 0 aliphatic heterocycles. The van der Waals surface area contributed by atoms with Crippen LogP contribution in [0.1, 0.15) is 10.4 Å². The Hall–Kier alpha value is -1.38. The maximum absolute atomic E-state index is 13.7. The second-order valence-corrected chi connectivity index (χ2v) is 4.30. The van der Waals surface area contributed by atoms with E-state index in [1.54, 1.807) is 24.3 Å². The molecule has 17 heavy (non-hydrogen) atoms. The first kappa shape index (κ1) is 12.1. The van der Waals surface area contributed by atoms with Gasteiger partial charge in [-0.15, -0.1) is 0 Å². The van der Waals surface area contributed by atoms with Crippen LogP contribution < -0.4 is 0 Å². The van der Waals surface area contributed by atoms with E-state index in [4.69, 9.17) is 23.2 Å². The first-order valence-corrected chi connectivity index (χ1v) is 5.57. The van der Waals surface area contributed by atoms with Crippen molar-refractivity contribution in [2.24, 2.45) is 0 Å². The molecular weight excluding hydrogens is 262 g/mol. The predicted molar refractivity (Wildman–Crippen MR) is 67.2 cm³/mol. The SMILES string of the molecule is O=Cc1ccc(-c2cc(Cl)c(Cl)cc2F)cc1. The minimum Gasteiger partial charge on any atom is -0.298 e. The Kier molecular flexibility index (Phi) is 3.46. The molecule has 0 atom stereocenters. The van der Waals surface area contributed by atoms with E-state index in [-0.39, 0.29) is 5.02 Å². The molecule has 0 aliphatic carbocycles. The fraction of sp³-hybridized carbons (Fsp3) is 0. The lowest BCUT2D eigenvalue weighted by Gasteiger charge is -2.05. The third kappa shape index (κ3) is 2.48. The van der Waals surface area contributed by atoms with Gasteiger partial charge in [-0.25, -0.2) is 4.39 Å². The fourth-order valence-corrected chi connectivity index (χ4v) is 1.80. The van der Waals surface area contributed by atoms with Crippen molar-refractivity contribution in [3.05, 3.63) is 57.8 Å². The highest BCUT2D eigenvalue weighted by Gasteiger charge is 2.09. The van der Waals surface area contributed by atoms with Crippen LogP contribution in [0.4, 0.5) is 4.39 Å². The zero-order valence-corrected chi connectivity index (χ0v) is 10.1. The van der Waals surface area contributed by atoms with Gasteiger partial charge in [0.05, 0.1) is 10.0 Å². The highest BCUT2D eigenvalue weighted by Crippen LogP contribution is 2.31. The van der Waals surface area contributed by atoms with Crippen molar-refractivity contribution < 1.29 is 9.18 Å². The number of benzene rings is 2. The summed E-state index contributed by atoms with van der Waals surface area (Å²) in [5, 5.41) is 0.472. The van der Waals surface area contributed by atoms with Crippen LogP contribution in [0.2, 0.25) is 10.0 Å². The van der Waals surface area contributed by atoms with Crippen LogP contribution >= 0.6 is 23.2 Å². The molecule has 0 heterocycles. The molecule has 0 amide bonds. The predicted octanol–water partition coefficient (Wildman–Crippen LogP) is 4.61. The van der Waals surface area contributed by atoms with Gasteiger partial charge in [-0.05, 0) is 17.7 Å². The molecule has 0 unspecified atom stereocenters. The molecule has 0 saturated carbocycles. The number of halogens is 3. The van der Waals surface area contributed by atoms with Crippen LogP contribution in [0.3, 0.4) is 0 Å². The molecule has 86 valence electrons. The van der Waals surface area contributed by atoms with Gasteiger partial charge in [-0.3, -0.25) is 4.79 Å². The Morgan fingerprint density at radius 3 is 2.18 bits per heavy atom. The molecule has 0 saturated heterocycles. The lowest BCUT2D eigenvalue weighted by atomic mass is 10.0. The van der Waals surface area contributed by atoms with E-state index in [0.29, 0.717) is 21.7 Å². The number of hydrogen-bond donors (Lipinski definition) is 0. The Labute approximate surface area is 108 Å². The van der Waals surface area contributed by atoms with Gasteiger partial charge in [-0.2, -0.15) is 0 Å². The summed E-state index contributed by atoms with van der Waals surface area (Å²) in [7, 11) is 0. The van der Waals surface area contributed by atoms with Crippen molar-refractivity contribution in [2.75, 3.05) is 0 Å². The standard InChI is InChI=1S/C13H7Cl2FO/c14-11-5-10(13(16)6-12(11)15)9-3-1-8(7-17)2-4-9/h1-7H. The zero-order chi connectivity index (χ0) is 12.4. The second-order valence-electron chi connectivity index (χ2n) is 3.49. The molecule has 0 aliphatic rings. The van der Waals surface area contributed by atoms with Crippen LogP contribution in [0, 0.1) is 5.82 Å². The van der Waals surface area contributed by atoms with Crippen molar-refractivity contribution >= 4 is 29.5 Å². The van der Waals surface area contributed by atoms with Crippen LogP contribution in [-0.2, 0) is 0 Å². The molecule has 0 bridgehead atoms. The highest BCUT2D eigenvalue weighted by atomic mass is 35.5. The maximum Gasteiger partial charge on any atom is 0.150 e. The van der Waals surface area contributed by atoms with Gasteiger partial charge in [0.1, 0.15) is 12.1 Å². The molecular formula is C13H7Cl2FO. The number of hydrogen-bond acceptors (Lipinski definition) is 1. The summed E-state index contributed by atoms with van der Waals surface area (Å²) in [6.45, 7) is 0. The summed E-state index contributed by atoms with van der Waals surface area (Å²) in [6.07, 6.45) is 0.731. The number of aldehydes is 1. The summed E-state index contributed by atoms with van der Waals surface area (Å²) in [5.74, 6) is -0.446. The lowest BCUT2D eigenvalue weighted by Crippen LogP contribution is -1.86. The molecule has 1 nitrogen and oxygen atoms in total. The van der Waals surface area contributed by atoms with Crippen molar-refractivity contribution in [2.45, 2.75) is 0 Å². The van der Waals surface area contributed by atoms with E-state index in [1.807, 2.05) is 0 Å². The third-order valence-electron chi connectivity index (χ3n) is 2.37. The maximum atomic E-state index is 13.7. The van der Waals surface area contributed by atoms with Crippen molar-refractivity contribution in [1.82, 2.24) is 0 Å². The Morgan fingerprint density at radius 2 is 1.59 bits per heavy atom. The van der Waals surface area contributed by atoms with Gasteiger partial charge in [0.2, 0.25) is 0 Å². The second kappa shape index (κ2) is 4.86. The lowest BCUT2D eigenvalue weighted by molar-refractivity contribution is 0.112. The number of carbonyl (C=O) groups excluding carboxylic acids is 1. The third-order valence-corrected chi connectivity index (χ3v) is 3.09. The molecule has 0 spiro atoms. The topological polar surface area (TPSA) is 17.1 Å². The summed E-state index contributed by atoms with van der Waals surface area (Å²) in [5.41, 5.74) is 1.54. The minimum atomic E-state index is -0.446. The van der Waals surface area contributed by atoms with Gasteiger partial charge in [0, 0.05) is 11.1 Å². The summed E-state index contributed by atoms with van der Waals surface area (Å²) < 4.78 is 13.7. The Balaban J connectivity index is 2.52. The summed E-state index contributed by atoms with van der Waals surface area (Å²) in [6, 6.07) is 9.19. The monoisotopic (exact) mass is 268 g/mol. The first-order valence-electron chi connectivity index (χ1n) is 4.82. The van der Waals surface area contributed by atoms with Crippen LogP contribution in [-0.4, -0.2) is 6.29 Å². The van der Waals surface area contributed by atoms with Crippen LogP contribution in [0.15, 0.2) is 36.4 Å². The van der Waals surface area contributed by atoms with E-state index < -0.39 is 5.82 Å². The number of rotatable bonds is 2. The van der Waals surface area contributed by atoms with E-state index in [0.717, 1.165) is 6.29 Å². The molecule has 0 fully saturated rings. The average Bonchev–Trinajstić information content (AvgIpc) is 2.34. The van der Waals surface area contributed by atoms with Crippen molar-refractivity contribution in [3.63, 3.8) is 0 Å². The van der Waals surface area contributed by atoms with Gasteiger partial charge in [0.15, 0.2) is 0 Å². The molecule has 0 N–H and O–H groups in total. The Bertz CT molecular complexity index is 564. The molecule has 0 radical (unpaired) electrons. The summed E-state index contributed by atoms with van der Waals surface area (Å²) in [4.78, 5) is 10.5. The van der Waals surface area contributed by atoms with Gasteiger partial charge in [-0.1, -0.05) is 47.5 Å². The van der Waals surface area contributed by atoms with Gasteiger partial charge >= 0.3 is 0 Å². The van der Waals surface area contributed by atoms with E-state index >= 15 is 0 Å². The largest absolute Gasteiger partial charge is 0.298 e. The molecule has 2 rings (SSSR count).